The second-order valence-electron chi connectivity index (χ2n) is 5.24. The highest BCUT2D eigenvalue weighted by Crippen LogP contribution is 2.28. The summed E-state index contributed by atoms with van der Waals surface area (Å²) in [5.74, 6) is 0.440. The maximum atomic E-state index is 13.2. The predicted octanol–water partition coefficient (Wildman–Crippen LogP) is 5.19. The first-order valence-corrected chi connectivity index (χ1v) is 7.28. The molecular formula is C17H19ClFNO. The molecule has 2 aromatic carbocycles. The molecular weight excluding hydrogens is 289 g/mol. The monoisotopic (exact) mass is 307 g/mol. The van der Waals surface area contributed by atoms with Gasteiger partial charge >= 0.3 is 0 Å². The van der Waals surface area contributed by atoms with Gasteiger partial charge in [0.25, 0.3) is 0 Å². The van der Waals surface area contributed by atoms with Crippen LogP contribution in [0.2, 0.25) is 5.02 Å². The molecule has 0 amide bonds. The first-order chi connectivity index (χ1) is 9.95. The van der Waals surface area contributed by atoms with Crippen LogP contribution in [0, 0.1) is 12.7 Å². The van der Waals surface area contributed by atoms with Gasteiger partial charge in [0.1, 0.15) is 11.6 Å². The van der Waals surface area contributed by atoms with E-state index in [1.54, 1.807) is 12.1 Å². The molecule has 21 heavy (non-hydrogen) atoms. The van der Waals surface area contributed by atoms with Crippen LogP contribution >= 0.6 is 11.6 Å². The fourth-order valence-electron chi connectivity index (χ4n) is 1.99. The number of anilines is 1. The van der Waals surface area contributed by atoms with Crippen LogP contribution in [-0.4, -0.2) is 6.10 Å². The van der Waals surface area contributed by atoms with Gasteiger partial charge in [0.15, 0.2) is 0 Å². The van der Waals surface area contributed by atoms with Crippen molar-refractivity contribution in [3.05, 3.63) is 58.4 Å². The summed E-state index contributed by atoms with van der Waals surface area (Å²) < 4.78 is 18.8. The molecule has 0 saturated heterocycles. The van der Waals surface area contributed by atoms with Crippen molar-refractivity contribution >= 4 is 17.3 Å². The third kappa shape index (κ3) is 4.36. The maximum absolute atomic E-state index is 13.2. The number of aryl methyl sites for hydroxylation is 1. The standard InChI is InChI=1S/C17H19ClFNO/c1-11(2)21-17-7-6-15(9-16(17)18)20-10-13-8-14(19)5-4-12(13)3/h4-9,11,20H,10H2,1-3H3. The molecule has 112 valence electrons. The molecule has 0 saturated carbocycles. The quantitative estimate of drug-likeness (QED) is 0.821. The molecule has 0 aromatic heterocycles. The summed E-state index contributed by atoms with van der Waals surface area (Å²) in [6.07, 6.45) is 0.0799. The molecule has 0 aliphatic rings. The van der Waals surface area contributed by atoms with Gasteiger partial charge in [-0.05, 0) is 62.2 Å². The lowest BCUT2D eigenvalue weighted by molar-refractivity contribution is 0.242. The van der Waals surface area contributed by atoms with E-state index in [1.165, 1.54) is 6.07 Å². The summed E-state index contributed by atoms with van der Waals surface area (Å²) >= 11 is 6.19. The Kier molecular flexibility index (Phi) is 5.07. The molecule has 0 unspecified atom stereocenters. The van der Waals surface area contributed by atoms with Gasteiger partial charge in [0, 0.05) is 12.2 Å². The Morgan fingerprint density at radius 3 is 2.62 bits per heavy atom. The van der Waals surface area contributed by atoms with E-state index in [0.29, 0.717) is 17.3 Å². The van der Waals surface area contributed by atoms with E-state index in [9.17, 15) is 4.39 Å². The number of hydrogen-bond acceptors (Lipinski definition) is 2. The van der Waals surface area contributed by atoms with Gasteiger partial charge in [-0.2, -0.15) is 0 Å². The minimum atomic E-state index is -0.226. The lowest BCUT2D eigenvalue weighted by atomic mass is 10.1. The van der Waals surface area contributed by atoms with Crippen molar-refractivity contribution in [1.82, 2.24) is 0 Å². The first-order valence-electron chi connectivity index (χ1n) is 6.91. The summed E-state index contributed by atoms with van der Waals surface area (Å²) in [7, 11) is 0. The van der Waals surface area contributed by atoms with Crippen LogP contribution in [0.5, 0.6) is 5.75 Å². The van der Waals surface area contributed by atoms with Crippen LogP contribution in [-0.2, 0) is 6.54 Å². The lowest BCUT2D eigenvalue weighted by Gasteiger charge is -2.13. The zero-order valence-corrected chi connectivity index (χ0v) is 13.2. The highest BCUT2D eigenvalue weighted by Gasteiger charge is 2.06. The van der Waals surface area contributed by atoms with Gasteiger partial charge in [0.05, 0.1) is 11.1 Å². The normalized spacial score (nSPS) is 10.8. The molecule has 2 aromatic rings. The van der Waals surface area contributed by atoms with Gasteiger partial charge in [-0.15, -0.1) is 0 Å². The third-order valence-electron chi connectivity index (χ3n) is 3.09. The fraction of sp³-hybridized carbons (Fsp3) is 0.294. The van der Waals surface area contributed by atoms with Crippen molar-refractivity contribution in [1.29, 1.82) is 0 Å². The molecule has 1 N–H and O–H groups in total. The molecule has 0 spiro atoms. The predicted molar refractivity (Wildman–Crippen MR) is 85.7 cm³/mol. The summed E-state index contributed by atoms with van der Waals surface area (Å²) in [4.78, 5) is 0. The summed E-state index contributed by atoms with van der Waals surface area (Å²) in [6.45, 7) is 6.41. The van der Waals surface area contributed by atoms with Crippen molar-refractivity contribution in [3.63, 3.8) is 0 Å². The van der Waals surface area contributed by atoms with Gasteiger partial charge in [-0.1, -0.05) is 17.7 Å². The molecule has 2 rings (SSSR count). The van der Waals surface area contributed by atoms with Crippen molar-refractivity contribution in [2.24, 2.45) is 0 Å². The van der Waals surface area contributed by atoms with Gasteiger partial charge in [0.2, 0.25) is 0 Å². The van der Waals surface area contributed by atoms with E-state index in [2.05, 4.69) is 5.32 Å². The lowest BCUT2D eigenvalue weighted by Crippen LogP contribution is -2.06. The summed E-state index contributed by atoms with van der Waals surface area (Å²) in [5, 5.41) is 3.80. The highest BCUT2D eigenvalue weighted by molar-refractivity contribution is 6.32. The molecule has 4 heteroatoms. The Bertz CT molecular complexity index is 628. The Morgan fingerprint density at radius 1 is 1.19 bits per heavy atom. The largest absolute Gasteiger partial charge is 0.489 e. The molecule has 0 aliphatic carbocycles. The SMILES string of the molecule is Cc1ccc(F)cc1CNc1ccc(OC(C)C)c(Cl)c1. The Morgan fingerprint density at radius 2 is 1.95 bits per heavy atom. The van der Waals surface area contributed by atoms with Crippen molar-refractivity contribution < 1.29 is 9.13 Å². The topological polar surface area (TPSA) is 21.3 Å². The number of ether oxygens (including phenoxy) is 1. The zero-order valence-electron chi connectivity index (χ0n) is 12.4. The Balaban J connectivity index is 2.07. The molecule has 0 fully saturated rings. The minimum absolute atomic E-state index is 0.0799. The minimum Gasteiger partial charge on any atom is -0.489 e. The third-order valence-corrected chi connectivity index (χ3v) is 3.38. The van der Waals surface area contributed by atoms with Crippen LogP contribution in [0.4, 0.5) is 10.1 Å². The average Bonchev–Trinajstić information content (AvgIpc) is 2.42. The number of nitrogens with one attached hydrogen (secondary N) is 1. The molecule has 2 nitrogen and oxygen atoms in total. The first kappa shape index (κ1) is 15.6. The fourth-order valence-corrected chi connectivity index (χ4v) is 2.21. The van der Waals surface area contributed by atoms with E-state index in [1.807, 2.05) is 39.0 Å². The number of hydrogen-bond donors (Lipinski definition) is 1. The smallest absolute Gasteiger partial charge is 0.138 e. The van der Waals surface area contributed by atoms with Crippen LogP contribution in [0.15, 0.2) is 36.4 Å². The number of benzene rings is 2. The van der Waals surface area contributed by atoms with Gasteiger partial charge in [-0.25, -0.2) is 4.39 Å². The van der Waals surface area contributed by atoms with Crippen molar-refractivity contribution in [2.45, 2.75) is 33.4 Å². The number of halogens is 2. The second-order valence-corrected chi connectivity index (χ2v) is 5.64. The van der Waals surface area contributed by atoms with E-state index >= 15 is 0 Å². The maximum Gasteiger partial charge on any atom is 0.138 e. The van der Waals surface area contributed by atoms with Crippen LogP contribution < -0.4 is 10.1 Å². The summed E-state index contributed by atoms with van der Waals surface area (Å²) in [6, 6.07) is 10.3. The van der Waals surface area contributed by atoms with E-state index in [-0.39, 0.29) is 11.9 Å². The highest BCUT2D eigenvalue weighted by atomic mass is 35.5. The van der Waals surface area contributed by atoms with Crippen LogP contribution in [0.1, 0.15) is 25.0 Å². The van der Waals surface area contributed by atoms with Gasteiger partial charge < -0.3 is 10.1 Å². The van der Waals surface area contributed by atoms with Gasteiger partial charge in [-0.3, -0.25) is 0 Å². The number of rotatable bonds is 5. The zero-order chi connectivity index (χ0) is 15.4. The van der Waals surface area contributed by atoms with Crippen LogP contribution in [0.25, 0.3) is 0 Å². The summed E-state index contributed by atoms with van der Waals surface area (Å²) in [5.41, 5.74) is 2.85. The van der Waals surface area contributed by atoms with Crippen LogP contribution in [0.3, 0.4) is 0 Å². The van der Waals surface area contributed by atoms with Crippen molar-refractivity contribution in [2.75, 3.05) is 5.32 Å². The van der Waals surface area contributed by atoms with E-state index in [0.717, 1.165) is 16.8 Å². The van der Waals surface area contributed by atoms with E-state index < -0.39 is 0 Å². The van der Waals surface area contributed by atoms with Crippen molar-refractivity contribution in [3.8, 4) is 5.75 Å². The Labute approximate surface area is 129 Å². The Hall–Kier alpha value is -1.74. The molecule has 0 bridgehead atoms. The molecule has 0 atom stereocenters. The molecule has 0 radical (unpaired) electrons. The average molecular weight is 308 g/mol. The second kappa shape index (κ2) is 6.81. The molecule has 0 aliphatic heterocycles. The van der Waals surface area contributed by atoms with E-state index in [4.69, 9.17) is 16.3 Å². The molecule has 0 heterocycles.